The molecule has 3 heterocycles. The van der Waals surface area contributed by atoms with E-state index in [2.05, 4.69) is 85.7 Å². The number of aryl methyl sites for hydroxylation is 3. The molecule has 200 valence electrons. The highest BCUT2D eigenvalue weighted by Gasteiger charge is 2.29. The summed E-state index contributed by atoms with van der Waals surface area (Å²) in [6.07, 6.45) is 0.885. The Kier molecular flexibility index (Phi) is 7.39. The largest absolute Gasteiger partial charge is 0.369 e. The van der Waals surface area contributed by atoms with Gasteiger partial charge in [0.2, 0.25) is 5.91 Å². The van der Waals surface area contributed by atoms with Crippen LogP contribution in [-0.4, -0.2) is 60.0 Å². The van der Waals surface area contributed by atoms with Gasteiger partial charge in [-0.15, -0.1) is 0 Å². The van der Waals surface area contributed by atoms with Crippen LogP contribution in [0.4, 0.5) is 11.5 Å². The minimum atomic E-state index is -0.273. The van der Waals surface area contributed by atoms with Gasteiger partial charge in [0.1, 0.15) is 5.82 Å². The topological polar surface area (TPSA) is 78.6 Å². The number of rotatable bonds is 6. The molecule has 2 aromatic carbocycles. The van der Waals surface area contributed by atoms with Gasteiger partial charge in [-0.25, -0.2) is 9.97 Å². The lowest BCUT2D eigenvalue weighted by atomic mass is 9.98. The van der Waals surface area contributed by atoms with E-state index in [1.54, 1.807) is 0 Å². The number of fused-ring (bicyclic) bond motifs is 1. The minimum absolute atomic E-state index is 0.273. The second-order valence-corrected chi connectivity index (χ2v) is 11.2. The average molecular weight is 513 g/mol. The highest BCUT2D eigenvalue weighted by Crippen LogP contribution is 2.35. The molecule has 0 aliphatic carbocycles. The summed E-state index contributed by atoms with van der Waals surface area (Å²) in [7, 11) is 0. The maximum Gasteiger partial charge on any atom is 0.231 e. The average Bonchev–Trinajstić information content (AvgIpc) is 2.89. The Morgan fingerprint density at radius 1 is 0.921 bits per heavy atom. The number of piperazine rings is 1. The standard InChI is InChI=1S/C31H40N6O/c1-20(2)24-9-8-23(5)28(17-24)37-11-10-27-26(18-37)31(36-14-12-35(13-15-36)19-29(32)38)34-30(33-27)25-16-21(3)6-7-22(25)4/h6-9,16-17,20H,10-15,18-19H2,1-5H3,(H2,32,38). The molecular weight excluding hydrogens is 472 g/mol. The molecule has 0 spiro atoms. The van der Waals surface area contributed by atoms with Crippen molar-refractivity contribution < 1.29 is 4.79 Å². The van der Waals surface area contributed by atoms with Crippen molar-refractivity contribution in [2.24, 2.45) is 5.73 Å². The van der Waals surface area contributed by atoms with Crippen LogP contribution in [0.1, 0.15) is 53.3 Å². The van der Waals surface area contributed by atoms with Crippen molar-refractivity contribution in [1.82, 2.24) is 14.9 Å². The summed E-state index contributed by atoms with van der Waals surface area (Å²) in [6, 6.07) is 13.3. The first-order chi connectivity index (χ1) is 18.2. The first-order valence-electron chi connectivity index (χ1n) is 13.8. The van der Waals surface area contributed by atoms with Gasteiger partial charge >= 0.3 is 0 Å². The number of benzene rings is 2. The van der Waals surface area contributed by atoms with Crippen LogP contribution in [-0.2, 0) is 17.8 Å². The van der Waals surface area contributed by atoms with Crippen molar-refractivity contribution in [3.63, 3.8) is 0 Å². The Balaban J connectivity index is 1.54. The van der Waals surface area contributed by atoms with Crippen LogP contribution >= 0.6 is 0 Å². The fourth-order valence-electron chi connectivity index (χ4n) is 5.63. The molecule has 0 atom stereocenters. The molecule has 2 N–H and O–H groups in total. The molecule has 1 fully saturated rings. The second kappa shape index (κ2) is 10.7. The van der Waals surface area contributed by atoms with Gasteiger partial charge in [-0.3, -0.25) is 9.69 Å². The van der Waals surface area contributed by atoms with Crippen LogP contribution in [0.5, 0.6) is 0 Å². The molecule has 7 nitrogen and oxygen atoms in total. The quantitative estimate of drug-likeness (QED) is 0.529. The zero-order chi connectivity index (χ0) is 27.0. The first-order valence-corrected chi connectivity index (χ1v) is 13.8. The van der Waals surface area contributed by atoms with Gasteiger partial charge in [-0.2, -0.15) is 0 Å². The predicted octanol–water partition coefficient (Wildman–Crippen LogP) is 4.36. The maximum absolute atomic E-state index is 11.5. The van der Waals surface area contributed by atoms with Crippen LogP contribution in [0, 0.1) is 20.8 Å². The summed E-state index contributed by atoms with van der Waals surface area (Å²) < 4.78 is 0. The molecule has 1 amide bonds. The van der Waals surface area contributed by atoms with Crippen molar-refractivity contribution in [3.05, 3.63) is 69.9 Å². The number of nitrogens with zero attached hydrogens (tertiary/aromatic N) is 5. The van der Waals surface area contributed by atoms with Gasteiger partial charge in [0.25, 0.3) is 0 Å². The number of carbonyl (C=O) groups excluding carboxylic acids is 1. The summed E-state index contributed by atoms with van der Waals surface area (Å²) in [5.41, 5.74) is 15.3. The molecule has 1 saturated heterocycles. The van der Waals surface area contributed by atoms with Gasteiger partial charge in [0.05, 0.1) is 12.2 Å². The lowest BCUT2D eigenvalue weighted by molar-refractivity contribution is -0.119. The van der Waals surface area contributed by atoms with Gasteiger partial charge in [0.15, 0.2) is 5.82 Å². The first kappa shape index (κ1) is 26.2. The van der Waals surface area contributed by atoms with E-state index in [0.717, 1.165) is 68.6 Å². The van der Waals surface area contributed by atoms with Crippen molar-refractivity contribution in [2.75, 3.05) is 49.1 Å². The van der Waals surface area contributed by atoms with Crippen LogP contribution in [0.3, 0.4) is 0 Å². The third kappa shape index (κ3) is 5.39. The van der Waals surface area contributed by atoms with E-state index in [1.165, 1.54) is 33.5 Å². The third-order valence-electron chi connectivity index (χ3n) is 7.96. The molecule has 0 saturated carbocycles. The Bertz CT molecular complexity index is 1340. The number of aromatic nitrogens is 2. The molecule has 0 unspecified atom stereocenters. The smallest absolute Gasteiger partial charge is 0.231 e. The van der Waals surface area contributed by atoms with Crippen molar-refractivity contribution >= 4 is 17.4 Å². The monoisotopic (exact) mass is 512 g/mol. The Morgan fingerprint density at radius 3 is 2.37 bits per heavy atom. The summed E-state index contributed by atoms with van der Waals surface area (Å²) in [5, 5.41) is 0. The molecule has 0 bridgehead atoms. The molecule has 5 rings (SSSR count). The zero-order valence-electron chi connectivity index (χ0n) is 23.4. The van der Waals surface area contributed by atoms with Crippen molar-refractivity contribution in [1.29, 1.82) is 0 Å². The van der Waals surface area contributed by atoms with Gasteiger partial charge < -0.3 is 15.5 Å². The number of nitrogens with two attached hydrogens (primary N) is 1. The van der Waals surface area contributed by atoms with E-state index in [4.69, 9.17) is 15.7 Å². The fraction of sp³-hybridized carbons (Fsp3) is 0.452. The van der Waals surface area contributed by atoms with E-state index in [9.17, 15) is 4.79 Å². The molecule has 2 aliphatic rings. The van der Waals surface area contributed by atoms with E-state index in [1.807, 2.05) is 0 Å². The highest BCUT2D eigenvalue weighted by atomic mass is 16.1. The molecule has 0 radical (unpaired) electrons. The number of primary amides is 1. The van der Waals surface area contributed by atoms with Gasteiger partial charge in [0, 0.05) is 62.5 Å². The van der Waals surface area contributed by atoms with Crippen LogP contribution in [0.25, 0.3) is 11.4 Å². The van der Waals surface area contributed by atoms with E-state index in [-0.39, 0.29) is 5.91 Å². The molecule has 2 aliphatic heterocycles. The van der Waals surface area contributed by atoms with Gasteiger partial charge in [-0.05, 0) is 55.5 Å². The van der Waals surface area contributed by atoms with Gasteiger partial charge in [-0.1, -0.05) is 43.7 Å². The predicted molar refractivity (Wildman–Crippen MR) is 155 cm³/mol. The van der Waals surface area contributed by atoms with Crippen molar-refractivity contribution in [3.8, 4) is 11.4 Å². The fourth-order valence-corrected chi connectivity index (χ4v) is 5.63. The van der Waals surface area contributed by atoms with E-state index in [0.29, 0.717) is 12.5 Å². The third-order valence-corrected chi connectivity index (χ3v) is 7.96. The number of amides is 1. The summed E-state index contributed by atoms with van der Waals surface area (Å²) in [6.45, 7) is 16.2. The van der Waals surface area contributed by atoms with Crippen LogP contribution < -0.4 is 15.5 Å². The molecule has 1 aromatic heterocycles. The Hall–Kier alpha value is -3.45. The number of carbonyl (C=O) groups is 1. The number of anilines is 2. The molecule has 38 heavy (non-hydrogen) atoms. The van der Waals surface area contributed by atoms with E-state index < -0.39 is 0 Å². The van der Waals surface area contributed by atoms with Crippen LogP contribution in [0.2, 0.25) is 0 Å². The number of hydrogen-bond acceptors (Lipinski definition) is 6. The number of hydrogen-bond donors (Lipinski definition) is 1. The Morgan fingerprint density at radius 2 is 1.66 bits per heavy atom. The molecule has 7 heteroatoms. The lowest BCUT2D eigenvalue weighted by Crippen LogP contribution is -2.49. The zero-order valence-corrected chi connectivity index (χ0v) is 23.4. The normalized spacial score (nSPS) is 16.2. The van der Waals surface area contributed by atoms with Crippen LogP contribution in [0.15, 0.2) is 36.4 Å². The highest BCUT2D eigenvalue weighted by molar-refractivity contribution is 5.76. The molecule has 3 aromatic rings. The Labute approximate surface area is 226 Å². The van der Waals surface area contributed by atoms with E-state index >= 15 is 0 Å². The lowest BCUT2D eigenvalue weighted by Gasteiger charge is -2.38. The SMILES string of the molecule is Cc1ccc(C)c(-c2nc3c(c(N4CCN(CC(N)=O)CC4)n2)CN(c2cc(C(C)C)ccc2C)CC3)c1. The second-order valence-electron chi connectivity index (χ2n) is 11.2. The maximum atomic E-state index is 11.5. The molecular formula is C31H40N6O. The van der Waals surface area contributed by atoms with Crippen molar-refractivity contribution in [2.45, 2.75) is 53.5 Å². The summed E-state index contributed by atoms with van der Waals surface area (Å²) >= 11 is 0. The minimum Gasteiger partial charge on any atom is -0.369 e. The summed E-state index contributed by atoms with van der Waals surface area (Å²) in [5.74, 6) is 2.06. The summed E-state index contributed by atoms with van der Waals surface area (Å²) in [4.78, 5) is 28.9.